The quantitative estimate of drug-likeness (QED) is 0.657. The summed E-state index contributed by atoms with van der Waals surface area (Å²) in [4.78, 5) is 14.0. The average Bonchev–Trinajstić information content (AvgIpc) is 2.46. The number of morpholine rings is 1. The van der Waals surface area contributed by atoms with Crippen LogP contribution in [-0.2, 0) is 9.53 Å². The van der Waals surface area contributed by atoms with Gasteiger partial charge in [-0.25, -0.2) is 0 Å². The number of rotatable bonds is 3. The van der Waals surface area contributed by atoms with Crippen LogP contribution >= 0.6 is 0 Å². The van der Waals surface area contributed by atoms with Gasteiger partial charge in [0.25, 0.3) is 5.91 Å². The van der Waals surface area contributed by atoms with Gasteiger partial charge in [0, 0.05) is 31.0 Å². The van der Waals surface area contributed by atoms with E-state index >= 15 is 0 Å². The van der Waals surface area contributed by atoms with E-state index in [1.165, 1.54) is 12.3 Å². The van der Waals surface area contributed by atoms with Crippen LogP contribution in [0.2, 0.25) is 0 Å². The van der Waals surface area contributed by atoms with Crippen molar-refractivity contribution in [2.75, 3.05) is 18.4 Å². The van der Waals surface area contributed by atoms with Gasteiger partial charge >= 0.3 is 0 Å². The van der Waals surface area contributed by atoms with Crippen molar-refractivity contribution in [3.63, 3.8) is 0 Å². The summed E-state index contributed by atoms with van der Waals surface area (Å²) in [5, 5.41) is 21.5. The first kappa shape index (κ1) is 15.9. The number of carbonyl (C=O) groups excluding carboxylic acids is 1. The Morgan fingerprint density at radius 1 is 1.45 bits per heavy atom. The minimum absolute atomic E-state index is 0.0182. The molecule has 1 saturated heterocycles. The third kappa shape index (κ3) is 3.99. The van der Waals surface area contributed by atoms with Crippen LogP contribution in [0.5, 0.6) is 5.75 Å². The first-order valence-electron chi connectivity index (χ1n) is 7.10. The molecule has 1 fully saturated rings. The third-order valence-electron chi connectivity index (χ3n) is 3.29. The van der Waals surface area contributed by atoms with E-state index in [1.807, 2.05) is 19.9 Å². The Labute approximate surface area is 129 Å². The van der Waals surface area contributed by atoms with Crippen molar-refractivity contribution in [1.82, 2.24) is 4.90 Å². The highest BCUT2D eigenvalue weighted by Gasteiger charge is 2.27. The molecular formula is C16H19N3O3. The van der Waals surface area contributed by atoms with E-state index in [4.69, 9.17) is 4.74 Å². The molecule has 6 nitrogen and oxygen atoms in total. The lowest BCUT2D eigenvalue weighted by Gasteiger charge is -2.35. The number of anilines is 1. The topological polar surface area (TPSA) is 85.6 Å². The van der Waals surface area contributed by atoms with Crippen molar-refractivity contribution in [3.8, 4) is 11.8 Å². The molecule has 1 heterocycles. The van der Waals surface area contributed by atoms with Crippen molar-refractivity contribution in [1.29, 1.82) is 5.26 Å². The van der Waals surface area contributed by atoms with Gasteiger partial charge in [0.1, 0.15) is 17.4 Å². The molecular weight excluding hydrogens is 282 g/mol. The second kappa shape index (κ2) is 6.96. The van der Waals surface area contributed by atoms with Crippen LogP contribution in [0.1, 0.15) is 13.8 Å². The van der Waals surface area contributed by atoms with Crippen molar-refractivity contribution < 1.29 is 14.6 Å². The number of amides is 1. The molecule has 1 aliphatic heterocycles. The molecule has 0 saturated carbocycles. The molecule has 2 N–H and O–H groups in total. The molecule has 2 rings (SSSR count). The molecule has 2 atom stereocenters. The second-order valence-corrected chi connectivity index (χ2v) is 5.33. The zero-order chi connectivity index (χ0) is 16.1. The number of nitrogens with zero attached hydrogens (tertiary/aromatic N) is 2. The maximum Gasteiger partial charge on any atom is 0.266 e. The highest BCUT2D eigenvalue weighted by Crippen LogP contribution is 2.17. The molecule has 22 heavy (non-hydrogen) atoms. The fourth-order valence-electron chi connectivity index (χ4n) is 2.41. The van der Waals surface area contributed by atoms with E-state index in [9.17, 15) is 15.2 Å². The third-order valence-corrected chi connectivity index (χ3v) is 3.29. The summed E-state index contributed by atoms with van der Waals surface area (Å²) in [6.45, 7) is 4.73. The predicted octanol–water partition coefficient (Wildman–Crippen LogP) is 1.85. The number of phenols is 1. The summed E-state index contributed by atoms with van der Waals surface area (Å²) >= 11 is 0. The minimum Gasteiger partial charge on any atom is -0.508 e. The molecule has 1 aliphatic rings. The van der Waals surface area contributed by atoms with Crippen LogP contribution < -0.4 is 5.32 Å². The smallest absolute Gasteiger partial charge is 0.266 e. The zero-order valence-electron chi connectivity index (χ0n) is 12.6. The molecule has 0 radical (unpaired) electrons. The molecule has 0 bridgehead atoms. The second-order valence-electron chi connectivity index (χ2n) is 5.33. The van der Waals surface area contributed by atoms with Crippen LogP contribution in [0.15, 0.2) is 36.0 Å². The molecule has 1 aromatic carbocycles. The van der Waals surface area contributed by atoms with Crippen molar-refractivity contribution in [2.24, 2.45) is 0 Å². The first-order valence-corrected chi connectivity index (χ1v) is 7.10. The van der Waals surface area contributed by atoms with E-state index in [2.05, 4.69) is 5.32 Å². The Morgan fingerprint density at radius 2 is 2.14 bits per heavy atom. The summed E-state index contributed by atoms with van der Waals surface area (Å²) in [6, 6.07) is 8.37. The number of benzene rings is 1. The normalized spacial score (nSPS) is 22.0. The average molecular weight is 301 g/mol. The van der Waals surface area contributed by atoms with E-state index < -0.39 is 0 Å². The summed E-state index contributed by atoms with van der Waals surface area (Å²) < 4.78 is 5.58. The Morgan fingerprint density at radius 3 is 2.73 bits per heavy atom. The fraction of sp³-hybridized carbons (Fsp3) is 0.375. The number of aromatic hydroxyl groups is 1. The minimum atomic E-state index is -0.322. The standard InChI is InChI=1S/C16H19N3O3/c1-11-9-19(10-12(2)22-11)16(21)13(7-17)8-18-14-4-3-5-15(20)6-14/h3-6,8,11-12,18,20H,9-10H2,1-2H3/b13-8-. The van der Waals surface area contributed by atoms with Crippen molar-refractivity contribution in [3.05, 3.63) is 36.0 Å². The SMILES string of the molecule is CC1CN(C(=O)/C(C#N)=C\Nc2cccc(O)c2)CC(C)O1. The van der Waals surface area contributed by atoms with Crippen LogP contribution in [0, 0.1) is 11.3 Å². The van der Waals surface area contributed by atoms with Crippen LogP contribution in [0.25, 0.3) is 0 Å². The van der Waals surface area contributed by atoms with Crippen LogP contribution in [-0.4, -0.2) is 41.2 Å². The molecule has 6 heteroatoms. The molecule has 116 valence electrons. The van der Waals surface area contributed by atoms with Gasteiger partial charge in [0.15, 0.2) is 0 Å². The maximum atomic E-state index is 12.4. The van der Waals surface area contributed by atoms with Gasteiger partial charge in [-0.05, 0) is 26.0 Å². The lowest BCUT2D eigenvalue weighted by molar-refractivity contribution is -0.138. The highest BCUT2D eigenvalue weighted by molar-refractivity contribution is 5.97. The Hall–Kier alpha value is -2.52. The van der Waals surface area contributed by atoms with E-state index in [-0.39, 0.29) is 29.4 Å². The van der Waals surface area contributed by atoms with Crippen LogP contribution in [0.4, 0.5) is 5.69 Å². The number of ether oxygens (including phenoxy) is 1. The predicted molar refractivity (Wildman–Crippen MR) is 82.0 cm³/mol. The van der Waals surface area contributed by atoms with Gasteiger partial charge in [-0.2, -0.15) is 5.26 Å². The van der Waals surface area contributed by atoms with E-state index in [0.717, 1.165) is 0 Å². The van der Waals surface area contributed by atoms with Crippen molar-refractivity contribution in [2.45, 2.75) is 26.1 Å². The van der Waals surface area contributed by atoms with Gasteiger partial charge in [-0.3, -0.25) is 4.79 Å². The number of hydrogen-bond acceptors (Lipinski definition) is 5. The van der Waals surface area contributed by atoms with Gasteiger partial charge in [-0.1, -0.05) is 6.07 Å². The lowest BCUT2D eigenvalue weighted by Crippen LogP contribution is -2.48. The Bertz CT molecular complexity index is 611. The fourth-order valence-corrected chi connectivity index (χ4v) is 2.41. The number of nitrogens with one attached hydrogen (secondary N) is 1. The summed E-state index contributed by atoms with van der Waals surface area (Å²) in [5.74, 6) is -0.212. The lowest BCUT2D eigenvalue weighted by atomic mass is 10.2. The number of phenolic OH excluding ortho intramolecular Hbond substituents is 1. The monoisotopic (exact) mass is 301 g/mol. The molecule has 0 spiro atoms. The van der Waals surface area contributed by atoms with Gasteiger partial charge in [0.05, 0.1) is 12.2 Å². The van der Waals surface area contributed by atoms with E-state index in [1.54, 1.807) is 23.1 Å². The maximum absolute atomic E-state index is 12.4. The summed E-state index contributed by atoms with van der Waals surface area (Å²) in [7, 11) is 0. The summed E-state index contributed by atoms with van der Waals surface area (Å²) in [6.07, 6.45) is 1.26. The Kier molecular flexibility index (Phi) is 5.02. The van der Waals surface area contributed by atoms with Gasteiger partial charge in [0.2, 0.25) is 0 Å². The number of carbonyl (C=O) groups is 1. The summed E-state index contributed by atoms with van der Waals surface area (Å²) in [5.41, 5.74) is 0.619. The zero-order valence-corrected chi connectivity index (χ0v) is 12.6. The van der Waals surface area contributed by atoms with Crippen molar-refractivity contribution >= 4 is 11.6 Å². The number of nitriles is 1. The first-order chi connectivity index (χ1) is 10.5. The molecule has 1 aromatic rings. The molecule has 2 unspecified atom stereocenters. The van der Waals surface area contributed by atoms with Crippen LogP contribution in [0.3, 0.4) is 0 Å². The van der Waals surface area contributed by atoms with Gasteiger partial charge in [-0.15, -0.1) is 0 Å². The van der Waals surface area contributed by atoms with E-state index in [0.29, 0.717) is 18.8 Å². The number of hydrogen-bond donors (Lipinski definition) is 2. The largest absolute Gasteiger partial charge is 0.508 e. The molecule has 0 aromatic heterocycles. The highest BCUT2D eigenvalue weighted by atomic mass is 16.5. The molecule has 0 aliphatic carbocycles. The molecule has 1 amide bonds. The Balaban J connectivity index is 2.08. The van der Waals surface area contributed by atoms with Gasteiger partial charge < -0.3 is 20.1 Å².